The third-order valence-electron chi connectivity index (χ3n) is 3.50. The van der Waals surface area contributed by atoms with Gasteiger partial charge < -0.3 is 10.4 Å². The lowest BCUT2D eigenvalue weighted by Gasteiger charge is -2.09. The van der Waals surface area contributed by atoms with Gasteiger partial charge in [-0.3, -0.25) is 0 Å². The number of anilines is 2. The van der Waals surface area contributed by atoms with Gasteiger partial charge in [-0.1, -0.05) is 0 Å². The van der Waals surface area contributed by atoms with Crippen LogP contribution >= 0.6 is 0 Å². The molecule has 118 valence electrons. The third kappa shape index (κ3) is 3.13. The van der Waals surface area contributed by atoms with Crippen LogP contribution in [0.2, 0.25) is 0 Å². The number of phenols is 1. The van der Waals surface area contributed by atoms with Crippen LogP contribution in [0.15, 0.2) is 36.7 Å². The second-order valence-corrected chi connectivity index (χ2v) is 5.20. The number of nitrogens with one attached hydrogen (secondary N) is 1. The van der Waals surface area contributed by atoms with E-state index in [9.17, 15) is 13.9 Å². The van der Waals surface area contributed by atoms with Crippen LogP contribution in [0.4, 0.5) is 20.4 Å². The maximum atomic E-state index is 13.3. The first-order valence-electron chi connectivity index (χ1n) is 6.88. The first-order chi connectivity index (χ1) is 10.9. The predicted octanol–water partition coefficient (Wildman–Crippen LogP) is 3.61. The minimum atomic E-state index is -0.690. The number of phenolic OH excluding ortho intramolecular Hbond substituents is 1. The van der Waals surface area contributed by atoms with E-state index in [0.717, 1.165) is 29.3 Å². The van der Waals surface area contributed by atoms with E-state index in [1.165, 1.54) is 11.0 Å². The lowest BCUT2D eigenvalue weighted by molar-refractivity contribution is 0.475. The number of hydrogen-bond donors (Lipinski definition) is 2. The molecule has 2 N–H and O–H groups in total. The Morgan fingerprint density at radius 2 is 1.74 bits per heavy atom. The number of rotatable bonds is 3. The molecular weight excluding hydrogens is 302 g/mol. The average Bonchev–Trinajstić information content (AvgIpc) is 2.92. The molecule has 5 nitrogen and oxygen atoms in total. The summed E-state index contributed by atoms with van der Waals surface area (Å²) in [7, 11) is 0. The van der Waals surface area contributed by atoms with Crippen LogP contribution in [-0.4, -0.2) is 19.9 Å². The van der Waals surface area contributed by atoms with Crippen LogP contribution in [0, 0.1) is 25.5 Å². The molecule has 0 spiro atoms. The summed E-state index contributed by atoms with van der Waals surface area (Å²) in [6.45, 7) is 3.78. The maximum Gasteiger partial charge on any atom is 0.246 e. The molecule has 0 aliphatic carbocycles. The smallest absolute Gasteiger partial charge is 0.246 e. The summed E-state index contributed by atoms with van der Waals surface area (Å²) in [4.78, 5) is 4.06. The molecule has 1 aromatic heterocycles. The van der Waals surface area contributed by atoms with E-state index in [4.69, 9.17) is 0 Å². The van der Waals surface area contributed by atoms with Crippen LogP contribution in [0.5, 0.6) is 5.75 Å². The molecule has 1 heterocycles. The Bertz CT molecular complexity index is 856. The summed E-state index contributed by atoms with van der Waals surface area (Å²) in [5.74, 6) is -1.00. The molecule has 2 aromatic carbocycles. The molecule has 3 rings (SSSR count). The number of nitrogens with zero attached hydrogens (tertiary/aromatic N) is 3. The molecule has 7 heteroatoms. The molecule has 0 bridgehead atoms. The van der Waals surface area contributed by atoms with Crippen molar-refractivity contribution in [2.75, 3.05) is 5.32 Å². The predicted molar refractivity (Wildman–Crippen MR) is 82.1 cm³/mol. The van der Waals surface area contributed by atoms with Gasteiger partial charge in [-0.2, -0.15) is 4.98 Å². The zero-order chi connectivity index (χ0) is 16.6. The molecule has 0 aliphatic heterocycles. The van der Waals surface area contributed by atoms with Crippen molar-refractivity contribution in [2.24, 2.45) is 0 Å². The molecule has 0 atom stereocenters. The third-order valence-corrected chi connectivity index (χ3v) is 3.50. The number of aryl methyl sites for hydroxylation is 1. The van der Waals surface area contributed by atoms with Crippen molar-refractivity contribution in [1.82, 2.24) is 14.8 Å². The van der Waals surface area contributed by atoms with Gasteiger partial charge in [0, 0.05) is 17.8 Å². The Morgan fingerprint density at radius 1 is 1.04 bits per heavy atom. The van der Waals surface area contributed by atoms with E-state index in [2.05, 4.69) is 15.4 Å². The SMILES string of the molecule is Cc1cc(O)cc(Nc2ncn(-c3cc(F)cc(F)c3)n2)c1C. The lowest BCUT2D eigenvalue weighted by atomic mass is 10.1. The molecule has 0 saturated carbocycles. The van der Waals surface area contributed by atoms with Crippen LogP contribution in [0.3, 0.4) is 0 Å². The normalized spacial score (nSPS) is 10.8. The Morgan fingerprint density at radius 3 is 2.43 bits per heavy atom. The molecular formula is C16H14F2N4O. The second kappa shape index (κ2) is 5.68. The van der Waals surface area contributed by atoms with Gasteiger partial charge in [0.2, 0.25) is 5.95 Å². The van der Waals surface area contributed by atoms with E-state index >= 15 is 0 Å². The highest BCUT2D eigenvalue weighted by Crippen LogP contribution is 2.26. The standard InChI is InChI=1S/C16H14F2N4O/c1-9-3-14(23)7-15(10(9)2)20-16-19-8-22(21-16)13-5-11(17)4-12(18)6-13/h3-8,23H,1-2H3,(H,20,21). The van der Waals surface area contributed by atoms with E-state index in [0.29, 0.717) is 5.69 Å². The van der Waals surface area contributed by atoms with E-state index in [1.807, 2.05) is 13.8 Å². The van der Waals surface area contributed by atoms with Gasteiger partial charge in [0.05, 0.1) is 5.69 Å². The fraction of sp³-hybridized carbons (Fsp3) is 0.125. The number of halogens is 2. The van der Waals surface area contributed by atoms with Crippen LogP contribution < -0.4 is 5.32 Å². The topological polar surface area (TPSA) is 63.0 Å². The minimum absolute atomic E-state index is 0.127. The molecule has 0 unspecified atom stereocenters. The highest BCUT2D eigenvalue weighted by Gasteiger charge is 2.09. The molecule has 0 amide bonds. The largest absolute Gasteiger partial charge is 0.508 e. The Labute approximate surface area is 131 Å². The summed E-state index contributed by atoms with van der Waals surface area (Å²) in [5.41, 5.74) is 2.74. The van der Waals surface area contributed by atoms with Crippen molar-refractivity contribution in [3.63, 3.8) is 0 Å². The summed E-state index contributed by atoms with van der Waals surface area (Å²) in [6, 6.07) is 6.32. The Hall–Kier alpha value is -2.96. The molecule has 0 aliphatic rings. The highest BCUT2D eigenvalue weighted by atomic mass is 19.1. The van der Waals surface area contributed by atoms with Crippen LogP contribution in [-0.2, 0) is 0 Å². The van der Waals surface area contributed by atoms with Gasteiger partial charge in [-0.15, -0.1) is 5.10 Å². The fourth-order valence-corrected chi connectivity index (χ4v) is 2.21. The van der Waals surface area contributed by atoms with Gasteiger partial charge in [-0.25, -0.2) is 13.5 Å². The summed E-state index contributed by atoms with van der Waals surface area (Å²) >= 11 is 0. The quantitative estimate of drug-likeness (QED) is 0.775. The Kier molecular flexibility index (Phi) is 3.69. The molecule has 3 aromatic rings. The molecule has 0 fully saturated rings. The average molecular weight is 316 g/mol. The number of hydrogen-bond acceptors (Lipinski definition) is 4. The molecule has 0 saturated heterocycles. The summed E-state index contributed by atoms with van der Waals surface area (Å²) in [5, 5.41) is 16.8. The Balaban J connectivity index is 1.91. The van der Waals surface area contributed by atoms with Crippen molar-refractivity contribution < 1.29 is 13.9 Å². The second-order valence-electron chi connectivity index (χ2n) is 5.20. The lowest BCUT2D eigenvalue weighted by Crippen LogP contribution is -2.00. The van der Waals surface area contributed by atoms with E-state index < -0.39 is 11.6 Å². The highest BCUT2D eigenvalue weighted by molar-refractivity contribution is 5.62. The van der Waals surface area contributed by atoms with Crippen molar-refractivity contribution in [2.45, 2.75) is 13.8 Å². The van der Waals surface area contributed by atoms with Crippen molar-refractivity contribution in [3.8, 4) is 11.4 Å². The fourth-order valence-electron chi connectivity index (χ4n) is 2.21. The minimum Gasteiger partial charge on any atom is -0.508 e. The van der Waals surface area contributed by atoms with Gasteiger partial charge in [0.25, 0.3) is 0 Å². The number of benzene rings is 2. The van der Waals surface area contributed by atoms with Crippen molar-refractivity contribution in [3.05, 3.63) is 59.4 Å². The van der Waals surface area contributed by atoms with Crippen LogP contribution in [0.1, 0.15) is 11.1 Å². The first-order valence-corrected chi connectivity index (χ1v) is 6.88. The van der Waals surface area contributed by atoms with E-state index in [1.54, 1.807) is 12.1 Å². The molecule has 0 radical (unpaired) electrons. The first kappa shape index (κ1) is 15.0. The number of aromatic hydroxyl groups is 1. The number of aromatic nitrogens is 3. The monoisotopic (exact) mass is 316 g/mol. The zero-order valence-corrected chi connectivity index (χ0v) is 12.5. The maximum absolute atomic E-state index is 13.3. The molecule has 23 heavy (non-hydrogen) atoms. The van der Waals surface area contributed by atoms with Gasteiger partial charge >= 0.3 is 0 Å². The van der Waals surface area contributed by atoms with Gasteiger partial charge in [0.1, 0.15) is 23.7 Å². The van der Waals surface area contributed by atoms with Crippen molar-refractivity contribution >= 4 is 11.6 Å². The van der Waals surface area contributed by atoms with E-state index in [-0.39, 0.29) is 17.4 Å². The van der Waals surface area contributed by atoms with Gasteiger partial charge in [-0.05, 0) is 43.2 Å². The zero-order valence-electron chi connectivity index (χ0n) is 12.5. The van der Waals surface area contributed by atoms with Gasteiger partial charge in [0.15, 0.2) is 0 Å². The van der Waals surface area contributed by atoms with Crippen LogP contribution in [0.25, 0.3) is 5.69 Å². The summed E-state index contributed by atoms with van der Waals surface area (Å²) < 4.78 is 27.8. The van der Waals surface area contributed by atoms with Crippen molar-refractivity contribution in [1.29, 1.82) is 0 Å². The summed E-state index contributed by atoms with van der Waals surface area (Å²) in [6.07, 6.45) is 1.35.